The number of halogens is 1. The van der Waals surface area contributed by atoms with Gasteiger partial charge in [-0.15, -0.1) is 0 Å². The molecule has 20 heavy (non-hydrogen) atoms. The van der Waals surface area contributed by atoms with Crippen LogP contribution in [0.5, 0.6) is 0 Å². The minimum atomic E-state index is -1.03. The summed E-state index contributed by atoms with van der Waals surface area (Å²) in [5.41, 5.74) is 0. The van der Waals surface area contributed by atoms with E-state index >= 15 is 0 Å². The van der Waals surface area contributed by atoms with E-state index in [1.165, 1.54) is 96.1 Å². The number of rotatable bonds is 15. The molecule has 0 aliphatic rings. The maximum Gasteiger partial charge on any atom is 0.107 e. The molecule has 0 radical (unpaired) electrons. The van der Waals surface area contributed by atoms with Crippen molar-refractivity contribution >= 4 is 17.9 Å². The summed E-state index contributed by atoms with van der Waals surface area (Å²) in [6.07, 6.45) is 21.4. The van der Waals surface area contributed by atoms with Gasteiger partial charge in [0.1, 0.15) is 6.62 Å². The van der Waals surface area contributed by atoms with Crippen molar-refractivity contribution in [2.24, 2.45) is 0 Å². The maximum atomic E-state index is 6.30. The molecular formula is C18H39ClP+. The predicted octanol–water partition coefficient (Wildman–Crippen LogP) is 7.90. The van der Waals surface area contributed by atoms with Crippen molar-refractivity contribution in [3.8, 4) is 0 Å². The van der Waals surface area contributed by atoms with Crippen LogP contribution in [0.25, 0.3) is 0 Å². The molecule has 0 fully saturated rings. The van der Waals surface area contributed by atoms with E-state index < -0.39 is 6.62 Å². The van der Waals surface area contributed by atoms with Crippen LogP contribution < -0.4 is 0 Å². The normalized spacial score (nSPS) is 12.0. The van der Waals surface area contributed by atoms with Gasteiger partial charge in [-0.05, 0) is 12.8 Å². The highest BCUT2D eigenvalue weighted by atomic mass is 35.7. The van der Waals surface area contributed by atoms with Crippen LogP contribution in [0.15, 0.2) is 0 Å². The number of hydrogen-bond donors (Lipinski definition) is 0. The molecule has 0 rings (SSSR count). The van der Waals surface area contributed by atoms with Gasteiger partial charge in [-0.25, -0.2) is 0 Å². The zero-order valence-corrected chi connectivity index (χ0v) is 16.1. The quantitative estimate of drug-likeness (QED) is 0.212. The van der Waals surface area contributed by atoms with Gasteiger partial charge in [-0.1, -0.05) is 84.0 Å². The summed E-state index contributed by atoms with van der Waals surface area (Å²) in [7, 11) is 0. The molecule has 0 aromatic carbocycles. The van der Waals surface area contributed by atoms with Gasteiger partial charge in [0, 0.05) is 0 Å². The predicted molar refractivity (Wildman–Crippen MR) is 99.8 cm³/mol. The van der Waals surface area contributed by atoms with Crippen LogP contribution in [-0.4, -0.2) is 19.5 Å². The minimum absolute atomic E-state index is 1.03. The van der Waals surface area contributed by atoms with Gasteiger partial charge in [-0.2, -0.15) is 0 Å². The van der Waals surface area contributed by atoms with E-state index in [1.807, 2.05) is 0 Å². The summed E-state index contributed by atoms with van der Waals surface area (Å²) in [5, 5.41) is 0. The Morgan fingerprint density at radius 2 is 0.850 bits per heavy atom. The molecular weight excluding hydrogens is 283 g/mol. The van der Waals surface area contributed by atoms with Gasteiger partial charge in [0.2, 0.25) is 0 Å². The molecule has 0 unspecified atom stereocenters. The molecule has 0 heterocycles. The number of unbranched alkanes of at least 4 members (excludes halogenated alkanes) is 13. The summed E-state index contributed by atoms with van der Waals surface area (Å²) in [6, 6.07) is 0. The molecule has 0 saturated heterocycles. The summed E-state index contributed by atoms with van der Waals surface area (Å²) in [5.74, 6) is 0. The van der Waals surface area contributed by atoms with Gasteiger partial charge < -0.3 is 0 Å². The summed E-state index contributed by atoms with van der Waals surface area (Å²) < 4.78 is 0. The first-order valence-electron chi connectivity index (χ1n) is 9.09. The van der Waals surface area contributed by atoms with Gasteiger partial charge >= 0.3 is 0 Å². The lowest BCUT2D eigenvalue weighted by Crippen LogP contribution is -1.89. The molecule has 0 atom stereocenters. The van der Waals surface area contributed by atoms with E-state index in [2.05, 4.69) is 20.3 Å². The third-order valence-electron chi connectivity index (χ3n) is 4.04. The maximum absolute atomic E-state index is 6.30. The first kappa shape index (κ1) is 20.7. The second-order valence-corrected chi connectivity index (χ2v) is 13.1. The molecule has 0 spiro atoms. The molecule has 0 aliphatic carbocycles. The second-order valence-electron chi connectivity index (χ2n) is 6.86. The lowest BCUT2D eigenvalue weighted by Gasteiger charge is -2.07. The van der Waals surface area contributed by atoms with Gasteiger partial charge in [-0.3, -0.25) is 0 Å². The summed E-state index contributed by atoms with van der Waals surface area (Å²) in [6.45, 7) is 5.73. The van der Waals surface area contributed by atoms with Crippen molar-refractivity contribution in [3.05, 3.63) is 0 Å². The zero-order chi connectivity index (χ0) is 15.1. The zero-order valence-electron chi connectivity index (χ0n) is 14.4. The first-order chi connectivity index (χ1) is 9.56. The SMILES string of the molecule is CCCCCCCCCCCCCCCC[P+](C)(C)Cl. The third-order valence-corrected chi connectivity index (χ3v) is 5.93. The molecule has 0 aromatic rings. The highest BCUT2D eigenvalue weighted by Crippen LogP contribution is 2.57. The summed E-state index contributed by atoms with van der Waals surface area (Å²) >= 11 is 6.30. The van der Waals surface area contributed by atoms with E-state index in [0.29, 0.717) is 0 Å². The Kier molecular flexibility index (Phi) is 15.2. The Morgan fingerprint density at radius 3 is 1.15 bits per heavy atom. The molecule has 0 saturated carbocycles. The fourth-order valence-corrected chi connectivity index (χ4v) is 4.02. The Hall–Kier alpha value is 0.720. The first-order valence-corrected chi connectivity index (χ1v) is 12.9. The molecule has 0 bridgehead atoms. The fraction of sp³-hybridized carbons (Fsp3) is 1.00. The lowest BCUT2D eigenvalue weighted by atomic mass is 10.0. The van der Waals surface area contributed by atoms with Crippen LogP contribution >= 0.6 is 17.9 Å². The lowest BCUT2D eigenvalue weighted by molar-refractivity contribution is 0.538. The van der Waals surface area contributed by atoms with Gasteiger partial charge in [0.05, 0.1) is 30.7 Å². The van der Waals surface area contributed by atoms with Crippen LogP contribution in [-0.2, 0) is 0 Å². The smallest absolute Gasteiger partial charge is 0.0654 e. The van der Waals surface area contributed by atoms with E-state index in [0.717, 1.165) is 0 Å². The number of hydrogen-bond acceptors (Lipinski definition) is 0. The van der Waals surface area contributed by atoms with Crippen molar-refractivity contribution in [1.82, 2.24) is 0 Å². The third kappa shape index (κ3) is 18.7. The summed E-state index contributed by atoms with van der Waals surface area (Å²) in [4.78, 5) is 0. The van der Waals surface area contributed by atoms with Gasteiger partial charge in [0.25, 0.3) is 0 Å². The van der Waals surface area contributed by atoms with E-state index in [1.54, 1.807) is 0 Å². The molecule has 0 amide bonds. The van der Waals surface area contributed by atoms with Crippen molar-refractivity contribution in [2.45, 2.75) is 96.8 Å². The standard InChI is InChI=1S/C18H39ClP/c1-4-5-6-7-8-9-10-11-12-13-14-15-16-17-18-20(2,3)19/h4-18H2,1-3H3/q+1. The van der Waals surface area contributed by atoms with Crippen LogP contribution in [0.1, 0.15) is 96.8 Å². The Labute approximate surface area is 134 Å². The Bertz CT molecular complexity index is 186. The van der Waals surface area contributed by atoms with E-state index in [4.69, 9.17) is 11.2 Å². The molecule has 0 aliphatic heterocycles. The van der Waals surface area contributed by atoms with Crippen LogP contribution in [0.2, 0.25) is 0 Å². The van der Waals surface area contributed by atoms with Crippen molar-refractivity contribution in [3.63, 3.8) is 0 Å². The average Bonchev–Trinajstić information content (AvgIpc) is 2.38. The fourth-order valence-electron chi connectivity index (χ4n) is 2.68. The molecule has 2 heteroatoms. The van der Waals surface area contributed by atoms with E-state index in [9.17, 15) is 0 Å². The van der Waals surface area contributed by atoms with Crippen molar-refractivity contribution < 1.29 is 0 Å². The van der Waals surface area contributed by atoms with Gasteiger partial charge in [0.15, 0.2) is 0 Å². The monoisotopic (exact) mass is 321 g/mol. The van der Waals surface area contributed by atoms with Crippen LogP contribution in [0, 0.1) is 0 Å². The van der Waals surface area contributed by atoms with Crippen LogP contribution in [0.4, 0.5) is 0 Å². The van der Waals surface area contributed by atoms with Crippen molar-refractivity contribution in [2.75, 3.05) is 19.5 Å². The van der Waals surface area contributed by atoms with Crippen molar-refractivity contribution in [1.29, 1.82) is 0 Å². The minimum Gasteiger partial charge on any atom is -0.0654 e. The topological polar surface area (TPSA) is 0 Å². The largest absolute Gasteiger partial charge is 0.107 e. The van der Waals surface area contributed by atoms with E-state index in [-0.39, 0.29) is 0 Å². The molecule has 0 N–H and O–H groups in total. The molecule has 122 valence electrons. The van der Waals surface area contributed by atoms with Crippen LogP contribution in [0.3, 0.4) is 0 Å². The molecule has 0 nitrogen and oxygen atoms in total. The molecule has 0 aromatic heterocycles. The second kappa shape index (κ2) is 14.6. The Morgan fingerprint density at radius 1 is 0.550 bits per heavy atom. The Balaban J connectivity index is 2.99. The highest BCUT2D eigenvalue weighted by molar-refractivity contribution is 7.97. The average molecular weight is 322 g/mol. The highest BCUT2D eigenvalue weighted by Gasteiger charge is 2.20.